The molecule has 0 fully saturated rings. The van der Waals surface area contributed by atoms with Crippen LogP contribution in [0.1, 0.15) is 11.3 Å². The van der Waals surface area contributed by atoms with Crippen LogP contribution in [0.4, 0.5) is 5.69 Å². The van der Waals surface area contributed by atoms with Gasteiger partial charge in [0.25, 0.3) is 0 Å². The third kappa shape index (κ3) is 2.73. The second-order valence-corrected chi connectivity index (χ2v) is 5.77. The maximum absolute atomic E-state index is 11.6. The van der Waals surface area contributed by atoms with Crippen molar-refractivity contribution in [2.45, 2.75) is 13.8 Å². The molecule has 0 aliphatic carbocycles. The van der Waals surface area contributed by atoms with Gasteiger partial charge in [-0.2, -0.15) is 0 Å². The predicted octanol–water partition coefficient (Wildman–Crippen LogP) is 4.62. The summed E-state index contributed by atoms with van der Waals surface area (Å²) in [6, 6.07) is 7.69. The number of benzene rings is 1. The van der Waals surface area contributed by atoms with Crippen LogP contribution in [-0.4, -0.2) is 15.9 Å². The number of hydrogen-bond acceptors (Lipinski definition) is 2. The highest BCUT2D eigenvalue weighted by molar-refractivity contribution is 6.36. The first-order chi connectivity index (χ1) is 11.0. The zero-order valence-corrected chi connectivity index (χ0v) is 13.7. The lowest BCUT2D eigenvalue weighted by atomic mass is 10.0. The Morgan fingerprint density at radius 3 is 2.87 bits per heavy atom. The van der Waals surface area contributed by atoms with Crippen LogP contribution in [0.15, 0.2) is 43.1 Å². The number of rotatable bonds is 3. The third-order valence-corrected chi connectivity index (χ3v) is 4.12. The molecule has 2 heterocycles. The predicted molar refractivity (Wildman–Crippen MR) is 94.8 cm³/mol. The van der Waals surface area contributed by atoms with Crippen LogP contribution in [0.3, 0.4) is 0 Å². The van der Waals surface area contributed by atoms with Gasteiger partial charge in [0.2, 0.25) is 5.91 Å². The number of pyridine rings is 1. The minimum Gasteiger partial charge on any atom is -0.343 e. The SMILES string of the molecule is C=CC(=O)Nc1cc(-c2c(C)[nH]c3nccc(Cl)c23)ccc1C. The first-order valence-electron chi connectivity index (χ1n) is 7.18. The molecule has 0 saturated carbocycles. The molecule has 0 aliphatic rings. The summed E-state index contributed by atoms with van der Waals surface area (Å²) in [5, 5.41) is 4.36. The lowest BCUT2D eigenvalue weighted by Crippen LogP contribution is -2.08. The molecule has 116 valence electrons. The van der Waals surface area contributed by atoms with Crippen molar-refractivity contribution >= 4 is 34.2 Å². The van der Waals surface area contributed by atoms with Crippen LogP contribution in [0, 0.1) is 13.8 Å². The zero-order chi connectivity index (χ0) is 16.6. The van der Waals surface area contributed by atoms with Gasteiger partial charge in [0, 0.05) is 28.5 Å². The van der Waals surface area contributed by atoms with E-state index in [0.29, 0.717) is 5.02 Å². The van der Waals surface area contributed by atoms with Crippen molar-refractivity contribution in [3.63, 3.8) is 0 Å². The molecule has 2 N–H and O–H groups in total. The van der Waals surface area contributed by atoms with Gasteiger partial charge in [0.15, 0.2) is 0 Å². The number of carbonyl (C=O) groups excluding carboxylic acids is 1. The summed E-state index contributed by atoms with van der Waals surface area (Å²) in [5.74, 6) is -0.236. The molecule has 0 aliphatic heterocycles. The second-order valence-electron chi connectivity index (χ2n) is 5.36. The molecule has 4 nitrogen and oxygen atoms in total. The van der Waals surface area contributed by atoms with Crippen LogP contribution < -0.4 is 5.32 Å². The fraction of sp³-hybridized carbons (Fsp3) is 0.111. The number of H-pyrrole nitrogens is 1. The Kier molecular flexibility index (Phi) is 3.92. The molecule has 1 amide bonds. The van der Waals surface area contributed by atoms with Gasteiger partial charge in [-0.15, -0.1) is 0 Å². The summed E-state index contributed by atoms with van der Waals surface area (Å²) in [7, 11) is 0. The molecule has 0 saturated heterocycles. The van der Waals surface area contributed by atoms with Crippen molar-refractivity contribution in [3.05, 3.63) is 59.4 Å². The zero-order valence-electron chi connectivity index (χ0n) is 12.9. The first kappa shape index (κ1) is 15.3. The number of nitrogens with one attached hydrogen (secondary N) is 2. The number of fused-ring (bicyclic) bond motifs is 1. The molecule has 3 rings (SSSR count). The van der Waals surface area contributed by atoms with Gasteiger partial charge in [0.1, 0.15) is 5.65 Å². The van der Waals surface area contributed by atoms with E-state index in [-0.39, 0.29) is 5.91 Å². The van der Waals surface area contributed by atoms with E-state index >= 15 is 0 Å². The molecular formula is C18H16ClN3O. The van der Waals surface area contributed by atoms with Crippen molar-refractivity contribution in [1.82, 2.24) is 9.97 Å². The molecule has 23 heavy (non-hydrogen) atoms. The molecule has 0 bridgehead atoms. The Labute approximate surface area is 139 Å². The number of anilines is 1. The minimum atomic E-state index is -0.236. The smallest absolute Gasteiger partial charge is 0.247 e. The minimum absolute atomic E-state index is 0.236. The van der Waals surface area contributed by atoms with Crippen LogP contribution in [-0.2, 0) is 4.79 Å². The molecule has 0 spiro atoms. The number of hydrogen-bond donors (Lipinski definition) is 2. The van der Waals surface area contributed by atoms with Crippen molar-refractivity contribution in [2.24, 2.45) is 0 Å². The summed E-state index contributed by atoms with van der Waals surface area (Å²) in [6.07, 6.45) is 2.93. The summed E-state index contributed by atoms with van der Waals surface area (Å²) < 4.78 is 0. The van der Waals surface area contributed by atoms with Crippen molar-refractivity contribution in [3.8, 4) is 11.1 Å². The molecule has 0 atom stereocenters. The van der Waals surface area contributed by atoms with Gasteiger partial charge in [-0.05, 0) is 43.2 Å². The number of aryl methyl sites for hydroxylation is 2. The summed E-state index contributed by atoms with van der Waals surface area (Å²) in [4.78, 5) is 19.2. The number of halogens is 1. The fourth-order valence-corrected chi connectivity index (χ4v) is 2.90. The largest absolute Gasteiger partial charge is 0.343 e. The molecule has 0 radical (unpaired) electrons. The van der Waals surface area contributed by atoms with E-state index in [1.165, 1.54) is 6.08 Å². The van der Waals surface area contributed by atoms with Gasteiger partial charge in [-0.1, -0.05) is 30.3 Å². The molecular weight excluding hydrogens is 310 g/mol. The molecule has 2 aromatic heterocycles. The van der Waals surface area contributed by atoms with Gasteiger partial charge < -0.3 is 10.3 Å². The van der Waals surface area contributed by atoms with Crippen molar-refractivity contribution in [1.29, 1.82) is 0 Å². The van der Waals surface area contributed by atoms with E-state index < -0.39 is 0 Å². The van der Waals surface area contributed by atoms with E-state index in [0.717, 1.165) is 39.1 Å². The maximum atomic E-state index is 11.6. The highest BCUT2D eigenvalue weighted by atomic mass is 35.5. The number of nitrogens with zero attached hydrogens (tertiary/aromatic N) is 1. The topological polar surface area (TPSA) is 57.8 Å². The van der Waals surface area contributed by atoms with Crippen LogP contribution in [0.2, 0.25) is 5.02 Å². The Morgan fingerprint density at radius 2 is 2.13 bits per heavy atom. The van der Waals surface area contributed by atoms with E-state index in [1.54, 1.807) is 12.3 Å². The molecule has 3 aromatic rings. The Hall–Kier alpha value is -2.59. The average Bonchev–Trinajstić information content (AvgIpc) is 2.87. The van der Waals surface area contributed by atoms with E-state index in [9.17, 15) is 4.79 Å². The highest BCUT2D eigenvalue weighted by Gasteiger charge is 2.15. The lowest BCUT2D eigenvalue weighted by Gasteiger charge is -2.10. The number of carbonyl (C=O) groups is 1. The van der Waals surface area contributed by atoms with Gasteiger partial charge in [0.05, 0.1) is 5.02 Å². The Balaban J connectivity index is 2.20. The van der Waals surface area contributed by atoms with Crippen LogP contribution >= 0.6 is 11.6 Å². The van der Waals surface area contributed by atoms with E-state index in [1.807, 2.05) is 32.0 Å². The standard InChI is InChI=1S/C18H16ClN3O/c1-4-15(23)22-14-9-12(6-5-10(14)2)16-11(3)21-18-17(16)13(19)7-8-20-18/h4-9H,1H2,2-3H3,(H,20,21)(H,22,23). The fourth-order valence-electron chi connectivity index (χ4n) is 2.66. The molecule has 1 aromatic carbocycles. The quantitative estimate of drug-likeness (QED) is 0.690. The van der Waals surface area contributed by atoms with E-state index in [2.05, 4.69) is 21.9 Å². The van der Waals surface area contributed by atoms with Crippen molar-refractivity contribution < 1.29 is 4.79 Å². The monoisotopic (exact) mass is 325 g/mol. The lowest BCUT2D eigenvalue weighted by molar-refractivity contribution is -0.111. The summed E-state index contributed by atoms with van der Waals surface area (Å²) in [6.45, 7) is 7.41. The molecule has 0 unspecified atom stereocenters. The van der Waals surface area contributed by atoms with Gasteiger partial charge in [-0.25, -0.2) is 4.98 Å². The van der Waals surface area contributed by atoms with Crippen LogP contribution in [0.5, 0.6) is 0 Å². The number of aromatic nitrogens is 2. The second kappa shape index (κ2) is 5.89. The maximum Gasteiger partial charge on any atom is 0.247 e. The number of amides is 1. The summed E-state index contributed by atoms with van der Waals surface area (Å²) >= 11 is 6.36. The third-order valence-electron chi connectivity index (χ3n) is 3.80. The normalized spacial score (nSPS) is 10.7. The highest BCUT2D eigenvalue weighted by Crippen LogP contribution is 2.37. The van der Waals surface area contributed by atoms with Crippen LogP contribution in [0.25, 0.3) is 22.2 Å². The van der Waals surface area contributed by atoms with E-state index in [4.69, 9.17) is 11.6 Å². The van der Waals surface area contributed by atoms with Crippen molar-refractivity contribution in [2.75, 3.05) is 5.32 Å². The Morgan fingerprint density at radius 1 is 1.35 bits per heavy atom. The first-order valence-corrected chi connectivity index (χ1v) is 7.56. The number of aromatic amines is 1. The summed E-state index contributed by atoms with van der Waals surface area (Å²) in [5.41, 5.74) is 5.42. The Bertz CT molecular complexity index is 927. The van der Waals surface area contributed by atoms with Gasteiger partial charge >= 0.3 is 0 Å². The van der Waals surface area contributed by atoms with Gasteiger partial charge in [-0.3, -0.25) is 4.79 Å². The average molecular weight is 326 g/mol. The molecule has 5 heteroatoms.